The lowest BCUT2D eigenvalue weighted by molar-refractivity contribution is -0.171. The molecule has 0 bridgehead atoms. The number of benzene rings is 1. The van der Waals surface area contributed by atoms with E-state index in [1.165, 1.54) is 20.3 Å². The molecule has 0 unspecified atom stereocenters. The zero-order valence-electron chi connectivity index (χ0n) is 13.2. The monoisotopic (exact) mass is 357 g/mol. The van der Waals surface area contributed by atoms with E-state index in [0.29, 0.717) is 22.8 Å². The van der Waals surface area contributed by atoms with E-state index in [4.69, 9.17) is 9.47 Å². The Labute approximate surface area is 140 Å². The van der Waals surface area contributed by atoms with E-state index in [1.807, 2.05) is 0 Å². The minimum absolute atomic E-state index is 0.0489. The maximum atomic E-state index is 12.1. The zero-order valence-corrected chi connectivity index (χ0v) is 13.2. The first-order valence-electron chi connectivity index (χ1n) is 6.92. The molecule has 2 N–H and O–H groups in total. The number of nitrogens with zero attached hydrogens (tertiary/aromatic N) is 1. The molecule has 2 aromatic rings. The fourth-order valence-corrected chi connectivity index (χ4v) is 1.97. The maximum absolute atomic E-state index is 12.1. The van der Waals surface area contributed by atoms with Gasteiger partial charge in [-0.25, -0.2) is 0 Å². The molecule has 2 rings (SSSR count). The van der Waals surface area contributed by atoms with Gasteiger partial charge in [-0.3, -0.25) is 14.7 Å². The van der Waals surface area contributed by atoms with Crippen molar-refractivity contribution in [2.45, 2.75) is 12.6 Å². The van der Waals surface area contributed by atoms with Gasteiger partial charge in [0.05, 0.1) is 26.3 Å². The lowest BCUT2D eigenvalue weighted by Crippen LogP contribution is -2.27. The number of H-pyrrole nitrogens is 1. The smallest absolute Gasteiger partial charge is 0.450 e. The SMILES string of the molecule is COc1ccc(-c2cc(NC(=O)CC(=O)C(F)(F)F)[nH]n2)c(OC)c1. The number of carbonyl (C=O) groups is 2. The first-order chi connectivity index (χ1) is 11.7. The van der Waals surface area contributed by atoms with Gasteiger partial charge in [-0.15, -0.1) is 0 Å². The highest BCUT2D eigenvalue weighted by Gasteiger charge is 2.39. The number of aromatic nitrogens is 2. The van der Waals surface area contributed by atoms with Gasteiger partial charge in [0.15, 0.2) is 0 Å². The van der Waals surface area contributed by atoms with Crippen LogP contribution in [-0.4, -0.2) is 42.3 Å². The van der Waals surface area contributed by atoms with Gasteiger partial charge >= 0.3 is 6.18 Å². The van der Waals surface area contributed by atoms with Gasteiger partial charge in [0.2, 0.25) is 11.7 Å². The van der Waals surface area contributed by atoms with E-state index in [1.54, 1.807) is 18.2 Å². The Hall–Kier alpha value is -3.04. The standard InChI is InChI=1S/C15H14F3N3O4/c1-24-8-3-4-9(11(5-8)25-2)10-6-13(21-20-10)19-14(23)7-12(22)15(16,17)18/h3-6H,7H2,1-2H3,(H2,19,20,21,23). The summed E-state index contributed by atoms with van der Waals surface area (Å²) in [6.07, 6.45) is -6.35. The van der Waals surface area contributed by atoms with Crippen molar-refractivity contribution >= 4 is 17.5 Å². The zero-order chi connectivity index (χ0) is 18.6. The van der Waals surface area contributed by atoms with Crippen LogP contribution < -0.4 is 14.8 Å². The number of carbonyl (C=O) groups excluding carboxylic acids is 2. The van der Waals surface area contributed by atoms with Gasteiger partial charge < -0.3 is 14.8 Å². The molecule has 25 heavy (non-hydrogen) atoms. The summed E-state index contributed by atoms with van der Waals surface area (Å²) in [5.74, 6) is -2.15. The first kappa shape index (κ1) is 18.3. The number of amides is 1. The Morgan fingerprint density at radius 3 is 2.52 bits per heavy atom. The minimum atomic E-state index is -5.05. The van der Waals surface area contributed by atoms with Crippen LogP contribution >= 0.6 is 0 Å². The maximum Gasteiger partial charge on any atom is 0.450 e. The lowest BCUT2D eigenvalue weighted by Gasteiger charge is -2.08. The molecule has 1 aromatic carbocycles. The van der Waals surface area contributed by atoms with E-state index in [2.05, 4.69) is 15.5 Å². The third-order valence-electron chi connectivity index (χ3n) is 3.17. The summed E-state index contributed by atoms with van der Waals surface area (Å²) < 4.78 is 46.7. The fourth-order valence-electron chi connectivity index (χ4n) is 1.97. The van der Waals surface area contributed by atoms with Crippen molar-refractivity contribution in [3.8, 4) is 22.8 Å². The molecule has 0 aliphatic heterocycles. The van der Waals surface area contributed by atoms with Crippen molar-refractivity contribution in [3.63, 3.8) is 0 Å². The number of ether oxygens (including phenoxy) is 2. The third kappa shape index (κ3) is 4.49. The normalized spacial score (nSPS) is 11.1. The van der Waals surface area contributed by atoms with Crippen LogP contribution in [-0.2, 0) is 9.59 Å². The summed E-state index contributed by atoms with van der Waals surface area (Å²) in [7, 11) is 2.95. The van der Waals surface area contributed by atoms with Gasteiger partial charge in [0.25, 0.3) is 0 Å². The lowest BCUT2D eigenvalue weighted by atomic mass is 10.1. The van der Waals surface area contributed by atoms with Crippen LogP contribution in [0.25, 0.3) is 11.3 Å². The number of hydrogen-bond acceptors (Lipinski definition) is 5. The molecule has 0 spiro atoms. The number of alkyl halides is 3. The molecule has 0 saturated carbocycles. The Morgan fingerprint density at radius 1 is 1.20 bits per heavy atom. The number of Topliss-reactive ketones (excluding diaryl/α,β-unsaturated/α-hetero) is 1. The molecule has 7 nitrogen and oxygen atoms in total. The summed E-state index contributed by atoms with van der Waals surface area (Å²) in [6.45, 7) is 0. The second kappa shape index (κ2) is 7.24. The fraction of sp³-hybridized carbons (Fsp3) is 0.267. The largest absolute Gasteiger partial charge is 0.497 e. The number of aromatic amines is 1. The van der Waals surface area contributed by atoms with E-state index in [9.17, 15) is 22.8 Å². The summed E-state index contributed by atoms with van der Waals surface area (Å²) in [5.41, 5.74) is 0.961. The number of anilines is 1. The molecule has 0 radical (unpaired) electrons. The van der Waals surface area contributed by atoms with Gasteiger partial charge in [-0.1, -0.05) is 0 Å². The molecule has 0 atom stereocenters. The van der Waals surface area contributed by atoms with Crippen molar-refractivity contribution in [1.29, 1.82) is 0 Å². The Bertz CT molecular complexity index is 787. The topological polar surface area (TPSA) is 93.3 Å². The van der Waals surface area contributed by atoms with Crippen LogP contribution in [0.4, 0.5) is 19.0 Å². The quantitative estimate of drug-likeness (QED) is 0.775. The summed E-state index contributed by atoms with van der Waals surface area (Å²) in [4.78, 5) is 22.3. The van der Waals surface area contributed by atoms with Gasteiger partial charge in [-0.05, 0) is 12.1 Å². The minimum Gasteiger partial charge on any atom is -0.497 e. The Morgan fingerprint density at radius 2 is 1.92 bits per heavy atom. The predicted octanol–water partition coefficient (Wildman–Crippen LogP) is 2.55. The molecule has 1 amide bonds. The highest BCUT2D eigenvalue weighted by Crippen LogP contribution is 2.33. The number of nitrogens with one attached hydrogen (secondary N) is 2. The van der Waals surface area contributed by atoms with Crippen molar-refractivity contribution in [1.82, 2.24) is 10.2 Å². The number of rotatable bonds is 6. The Balaban J connectivity index is 2.13. The van der Waals surface area contributed by atoms with Crippen LogP contribution in [0.2, 0.25) is 0 Å². The van der Waals surface area contributed by atoms with Gasteiger partial charge in [-0.2, -0.15) is 18.3 Å². The van der Waals surface area contributed by atoms with E-state index < -0.39 is 24.3 Å². The number of hydrogen-bond donors (Lipinski definition) is 2. The van der Waals surface area contributed by atoms with E-state index in [-0.39, 0.29) is 5.82 Å². The predicted molar refractivity (Wildman–Crippen MR) is 81.4 cm³/mol. The van der Waals surface area contributed by atoms with Crippen LogP contribution in [0.3, 0.4) is 0 Å². The first-order valence-corrected chi connectivity index (χ1v) is 6.92. The molecule has 1 aromatic heterocycles. The summed E-state index contributed by atoms with van der Waals surface area (Å²) in [6, 6.07) is 6.38. The van der Waals surface area contributed by atoms with Crippen molar-refractivity contribution in [2.24, 2.45) is 0 Å². The molecule has 134 valence electrons. The average Bonchev–Trinajstić information content (AvgIpc) is 3.01. The van der Waals surface area contributed by atoms with Crippen LogP contribution in [0.1, 0.15) is 6.42 Å². The van der Waals surface area contributed by atoms with Crippen molar-refractivity contribution in [3.05, 3.63) is 24.3 Å². The summed E-state index contributed by atoms with van der Waals surface area (Å²) >= 11 is 0. The molecular formula is C15H14F3N3O4. The van der Waals surface area contributed by atoms with Crippen LogP contribution in [0, 0.1) is 0 Å². The molecule has 10 heteroatoms. The van der Waals surface area contributed by atoms with Crippen molar-refractivity contribution < 1.29 is 32.2 Å². The Kier molecular flexibility index (Phi) is 5.30. The van der Waals surface area contributed by atoms with Crippen LogP contribution in [0.5, 0.6) is 11.5 Å². The molecule has 0 aliphatic rings. The van der Waals surface area contributed by atoms with Gasteiger partial charge in [0, 0.05) is 17.7 Å². The highest BCUT2D eigenvalue weighted by atomic mass is 19.4. The second-order valence-electron chi connectivity index (χ2n) is 4.88. The average molecular weight is 357 g/mol. The van der Waals surface area contributed by atoms with Crippen LogP contribution in [0.15, 0.2) is 24.3 Å². The number of methoxy groups -OCH3 is 2. The molecule has 0 saturated heterocycles. The number of ketones is 1. The molecule has 0 fully saturated rings. The van der Waals surface area contributed by atoms with Crippen molar-refractivity contribution in [2.75, 3.05) is 19.5 Å². The molecule has 0 aliphatic carbocycles. The molecular weight excluding hydrogens is 343 g/mol. The van der Waals surface area contributed by atoms with Gasteiger partial charge in [0.1, 0.15) is 17.3 Å². The van der Waals surface area contributed by atoms with E-state index >= 15 is 0 Å². The second-order valence-corrected chi connectivity index (χ2v) is 4.88. The van der Waals surface area contributed by atoms with E-state index in [0.717, 1.165) is 0 Å². The molecule has 1 heterocycles. The number of halogens is 3. The summed E-state index contributed by atoms with van der Waals surface area (Å²) in [5, 5.41) is 8.58. The third-order valence-corrected chi connectivity index (χ3v) is 3.17. The highest BCUT2D eigenvalue weighted by molar-refractivity contribution is 6.05.